The molecule has 0 radical (unpaired) electrons. The Labute approximate surface area is 133 Å². The Morgan fingerprint density at radius 3 is 2.65 bits per heavy atom. The summed E-state index contributed by atoms with van der Waals surface area (Å²) in [5.74, 6) is -1.37. The molecule has 0 saturated heterocycles. The fourth-order valence-electron chi connectivity index (χ4n) is 2.78. The first-order valence-electron chi connectivity index (χ1n) is 7.58. The molecule has 23 heavy (non-hydrogen) atoms. The van der Waals surface area contributed by atoms with Gasteiger partial charge in [0.15, 0.2) is 0 Å². The van der Waals surface area contributed by atoms with Crippen molar-refractivity contribution >= 4 is 17.5 Å². The Hall–Kier alpha value is -2.69. The van der Waals surface area contributed by atoms with E-state index in [0.717, 1.165) is 24.1 Å². The number of amides is 2. The van der Waals surface area contributed by atoms with Crippen LogP contribution in [0, 0.1) is 5.82 Å². The van der Waals surface area contributed by atoms with Crippen molar-refractivity contribution in [2.45, 2.75) is 12.8 Å². The molecule has 1 heterocycles. The molecule has 1 aliphatic rings. The Balaban J connectivity index is 1.67. The second-order valence-electron chi connectivity index (χ2n) is 5.44. The van der Waals surface area contributed by atoms with E-state index in [-0.39, 0.29) is 18.0 Å². The van der Waals surface area contributed by atoms with Gasteiger partial charge in [0.2, 0.25) is 5.91 Å². The number of aryl methyl sites for hydroxylation is 1. The molecular weight excluding hydrogens is 295 g/mol. The molecule has 0 atom stereocenters. The van der Waals surface area contributed by atoms with E-state index in [4.69, 9.17) is 0 Å². The number of rotatable bonds is 3. The van der Waals surface area contributed by atoms with Crippen molar-refractivity contribution in [3.05, 3.63) is 65.5 Å². The monoisotopic (exact) mass is 312 g/mol. The van der Waals surface area contributed by atoms with Crippen LogP contribution in [0.4, 0.5) is 10.1 Å². The molecule has 1 aliphatic heterocycles. The third kappa shape index (κ3) is 3.23. The van der Waals surface area contributed by atoms with Crippen molar-refractivity contribution in [1.82, 2.24) is 5.32 Å². The van der Waals surface area contributed by atoms with E-state index in [1.807, 2.05) is 24.3 Å². The number of carbonyl (C=O) groups excluding carboxylic acids is 2. The molecule has 3 rings (SSSR count). The zero-order valence-electron chi connectivity index (χ0n) is 12.6. The quantitative estimate of drug-likeness (QED) is 0.947. The second-order valence-corrected chi connectivity index (χ2v) is 5.44. The van der Waals surface area contributed by atoms with Gasteiger partial charge in [-0.25, -0.2) is 4.39 Å². The third-order valence-corrected chi connectivity index (χ3v) is 3.93. The zero-order valence-corrected chi connectivity index (χ0v) is 12.6. The summed E-state index contributed by atoms with van der Waals surface area (Å²) in [7, 11) is 0. The average molecular weight is 312 g/mol. The molecule has 4 nitrogen and oxygen atoms in total. The van der Waals surface area contributed by atoms with Crippen LogP contribution in [-0.2, 0) is 11.2 Å². The van der Waals surface area contributed by atoms with Gasteiger partial charge in [-0.3, -0.25) is 9.59 Å². The summed E-state index contributed by atoms with van der Waals surface area (Å²) in [6, 6.07) is 13.5. The maximum Gasteiger partial charge on any atom is 0.254 e. The summed E-state index contributed by atoms with van der Waals surface area (Å²) in [5.41, 5.74) is 1.97. The van der Waals surface area contributed by atoms with E-state index < -0.39 is 11.7 Å². The Morgan fingerprint density at radius 1 is 1.09 bits per heavy atom. The molecule has 0 saturated carbocycles. The number of benzene rings is 2. The highest BCUT2D eigenvalue weighted by Gasteiger charge is 2.22. The number of carbonyl (C=O) groups is 2. The highest BCUT2D eigenvalue weighted by Crippen LogP contribution is 2.26. The van der Waals surface area contributed by atoms with E-state index in [2.05, 4.69) is 5.32 Å². The van der Waals surface area contributed by atoms with Gasteiger partial charge >= 0.3 is 0 Å². The van der Waals surface area contributed by atoms with Gasteiger partial charge in [0.05, 0.1) is 12.1 Å². The van der Waals surface area contributed by atoms with Gasteiger partial charge < -0.3 is 10.2 Å². The Morgan fingerprint density at radius 2 is 1.83 bits per heavy atom. The van der Waals surface area contributed by atoms with Crippen LogP contribution >= 0.6 is 0 Å². The van der Waals surface area contributed by atoms with Gasteiger partial charge in [-0.05, 0) is 36.6 Å². The van der Waals surface area contributed by atoms with Crippen molar-refractivity contribution in [3.63, 3.8) is 0 Å². The smallest absolute Gasteiger partial charge is 0.254 e. The van der Waals surface area contributed by atoms with E-state index in [0.29, 0.717) is 6.54 Å². The molecule has 0 bridgehead atoms. The molecule has 5 heteroatoms. The minimum absolute atomic E-state index is 0.0562. The van der Waals surface area contributed by atoms with E-state index in [1.54, 1.807) is 11.0 Å². The lowest BCUT2D eigenvalue weighted by molar-refractivity contribution is -0.117. The van der Waals surface area contributed by atoms with Crippen LogP contribution < -0.4 is 10.2 Å². The number of nitrogens with zero attached hydrogens (tertiary/aromatic N) is 1. The minimum atomic E-state index is -0.597. The molecule has 0 aromatic heterocycles. The highest BCUT2D eigenvalue weighted by atomic mass is 19.1. The lowest BCUT2D eigenvalue weighted by Crippen LogP contribution is -2.42. The van der Waals surface area contributed by atoms with Gasteiger partial charge in [0, 0.05) is 12.2 Å². The van der Waals surface area contributed by atoms with Crippen molar-refractivity contribution in [2.75, 3.05) is 18.0 Å². The van der Waals surface area contributed by atoms with Gasteiger partial charge in [-0.1, -0.05) is 30.3 Å². The van der Waals surface area contributed by atoms with Gasteiger partial charge in [0.1, 0.15) is 5.82 Å². The summed E-state index contributed by atoms with van der Waals surface area (Å²) in [5, 5.41) is 2.50. The SMILES string of the molecule is O=C(NCC(=O)N1CCCc2ccccc21)c1ccccc1F. The number of anilines is 1. The van der Waals surface area contributed by atoms with Crippen LogP contribution in [0.2, 0.25) is 0 Å². The van der Waals surface area contributed by atoms with Crippen LogP contribution in [-0.4, -0.2) is 24.9 Å². The predicted molar refractivity (Wildman–Crippen MR) is 85.8 cm³/mol. The van der Waals surface area contributed by atoms with Gasteiger partial charge in [-0.2, -0.15) is 0 Å². The summed E-state index contributed by atoms with van der Waals surface area (Å²) in [6.07, 6.45) is 1.84. The van der Waals surface area contributed by atoms with Crippen molar-refractivity contribution in [1.29, 1.82) is 0 Å². The third-order valence-electron chi connectivity index (χ3n) is 3.93. The maximum absolute atomic E-state index is 13.6. The van der Waals surface area contributed by atoms with Gasteiger partial charge in [0.25, 0.3) is 5.91 Å². The first-order valence-corrected chi connectivity index (χ1v) is 7.58. The fraction of sp³-hybridized carbons (Fsp3) is 0.222. The maximum atomic E-state index is 13.6. The van der Waals surface area contributed by atoms with Crippen molar-refractivity contribution in [3.8, 4) is 0 Å². The number of fused-ring (bicyclic) bond motifs is 1. The first-order chi connectivity index (χ1) is 11.2. The number of para-hydroxylation sites is 1. The number of hydrogen-bond acceptors (Lipinski definition) is 2. The second kappa shape index (κ2) is 6.60. The summed E-state index contributed by atoms with van der Waals surface area (Å²) in [6.45, 7) is 0.479. The van der Waals surface area contributed by atoms with Crippen molar-refractivity contribution < 1.29 is 14.0 Å². The molecule has 1 N–H and O–H groups in total. The molecule has 118 valence electrons. The zero-order chi connectivity index (χ0) is 16.2. The fourth-order valence-corrected chi connectivity index (χ4v) is 2.78. The van der Waals surface area contributed by atoms with Gasteiger partial charge in [-0.15, -0.1) is 0 Å². The standard InChI is InChI=1S/C18H17FN2O2/c19-15-9-3-2-8-14(15)18(23)20-12-17(22)21-11-5-7-13-6-1-4-10-16(13)21/h1-4,6,8-10H,5,7,11-12H2,(H,20,23). The Bertz CT molecular complexity index is 745. The summed E-state index contributed by atoms with van der Waals surface area (Å²) >= 11 is 0. The lowest BCUT2D eigenvalue weighted by atomic mass is 10.0. The van der Waals surface area contributed by atoms with E-state index in [9.17, 15) is 14.0 Å². The molecule has 0 unspecified atom stereocenters. The first kappa shape index (κ1) is 15.2. The largest absolute Gasteiger partial charge is 0.343 e. The van der Waals surface area contributed by atoms with Crippen molar-refractivity contribution in [2.24, 2.45) is 0 Å². The minimum Gasteiger partial charge on any atom is -0.343 e. The predicted octanol–water partition coefficient (Wildman–Crippen LogP) is 2.53. The average Bonchev–Trinajstić information content (AvgIpc) is 2.59. The van der Waals surface area contributed by atoms with Crippen LogP contribution in [0.15, 0.2) is 48.5 Å². The molecular formula is C18H17FN2O2. The molecule has 0 fully saturated rings. The summed E-state index contributed by atoms with van der Waals surface area (Å²) < 4.78 is 13.6. The molecule has 0 aliphatic carbocycles. The Kier molecular flexibility index (Phi) is 4.37. The summed E-state index contributed by atoms with van der Waals surface area (Å²) in [4.78, 5) is 26.1. The number of nitrogens with one attached hydrogen (secondary N) is 1. The van der Waals surface area contributed by atoms with Crippen LogP contribution in [0.5, 0.6) is 0 Å². The van der Waals surface area contributed by atoms with Crippen LogP contribution in [0.1, 0.15) is 22.3 Å². The van der Waals surface area contributed by atoms with E-state index >= 15 is 0 Å². The number of halogens is 1. The van der Waals surface area contributed by atoms with Crippen LogP contribution in [0.25, 0.3) is 0 Å². The molecule has 2 aromatic carbocycles. The lowest BCUT2D eigenvalue weighted by Gasteiger charge is -2.29. The molecule has 2 amide bonds. The molecule has 2 aromatic rings. The molecule has 0 spiro atoms. The highest BCUT2D eigenvalue weighted by molar-refractivity contribution is 6.01. The normalized spacial score (nSPS) is 13.3. The van der Waals surface area contributed by atoms with Crippen LogP contribution in [0.3, 0.4) is 0 Å². The van der Waals surface area contributed by atoms with E-state index in [1.165, 1.54) is 18.2 Å². The topological polar surface area (TPSA) is 49.4 Å². The number of hydrogen-bond donors (Lipinski definition) is 1.